The van der Waals surface area contributed by atoms with E-state index >= 15 is 0 Å². The van der Waals surface area contributed by atoms with E-state index in [0.717, 1.165) is 19.4 Å². The average Bonchev–Trinajstić information content (AvgIpc) is 2.05. The van der Waals surface area contributed by atoms with Gasteiger partial charge in [-0.05, 0) is 32.9 Å². The standard InChI is InChI=1S/C8H20N2O/c1-3-8(2,7-11)10-6-4-5-9/h10-11H,3-7,9H2,1-2H3. The van der Waals surface area contributed by atoms with Crippen LogP contribution in [0.5, 0.6) is 0 Å². The minimum atomic E-state index is -0.116. The molecule has 68 valence electrons. The van der Waals surface area contributed by atoms with Gasteiger partial charge in [-0.3, -0.25) is 0 Å². The molecule has 0 spiro atoms. The topological polar surface area (TPSA) is 58.3 Å². The van der Waals surface area contributed by atoms with Gasteiger partial charge in [0.1, 0.15) is 0 Å². The normalized spacial score (nSPS) is 16.4. The fourth-order valence-electron chi connectivity index (χ4n) is 0.785. The van der Waals surface area contributed by atoms with Crippen molar-refractivity contribution in [2.24, 2.45) is 5.73 Å². The summed E-state index contributed by atoms with van der Waals surface area (Å²) in [5.74, 6) is 0. The molecule has 0 aliphatic rings. The van der Waals surface area contributed by atoms with Crippen LogP contribution in [-0.4, -0.2) is 30.3 Å². The van der Waals surface area contributed by atoms with E-state index in [1.165, 1.54) is 0 Å². The van der Waals surface area contributed by atoms with E-state index in [0.29, 0.717) is 6.54 Å². The minimum absolute atomic E-state index is 0.116. The number of hydrogen-bond acceptors (Lipinski definition) is 3. The predicted molar refractivity (Wildman–Crippen MR) is 47.5 cm³/mol. The molecular formula is C8H20N2O. The molecule has 3 nitrogen and oxygen atoms in total. The van der Waals surface area contributed by atoms with Crippen molar-refractivity contribution in [3.05, 3.63) is 0 Å². The summed E-state index contributed by atoms with van der Waals surface area (Å²) in [5, 5.41) is 12.3. The Morgan fingerprint density at radius 1 is 1.55 bits per heavy atom. The molecule has 3 heteroatoms. The van der Waals surface area contributed by atoms with E-state index < -0.39 is 0 Å². The van der Waals surface area contributed by atoms with Gasteiger partial charge in [0.25, 0.3) is 0 Å². The van der Waals surface area contributed by atoms with Gasteiger partial charge in [-0.25, -0.2) is 0 Å². The third kappa shape index (κ3) is 4.35. The second-order valence-corrected chi connectivity index (χ2v) is 3.14. The second kappa shape index (κ2) is 5.52. The molecule has 1 atom stereocenters. The van der Waals surface area contributed by atoms with Crippen LogP contribution < -0.4 is 11.1 Å². The van der Waals surface area contributed by atoms with Crippen molar-refractivity contribution in [2.45, 2.75) is 32.2 Å². The lowest BCUT2D eigenvalue weighted by Gasteiger charge is -2.27. The fourth-order valence-corrected chi connectivity index (χ4v) is 0.785. The molecule has 0 aliphatic carbocycles. The quantitative estimate of drug-likeness (QED) is 0.482. The van der Waals surface area contributed by atoms with Gasteiger partial charge in [-0.1, -0.05) is 6.92 Å². The number of hydrogen-bond donors (Lipinski definition) is 3. The number of nitrogens with one attached hydrogen (secondary N) is 1. The average molecular weight is 160 g/mol. The van der Waals surface area contributed by atoms with Gasteiger partial charge in [0, 0.05) is 5.54 Å². The molecule has 0 aromatic carbocycles. The van der Waals surface area contributed by atoms with Gasteiger partial charge in [0.2, 0.25) is 0 Å². The van der Waals surface area contributed by atoms with Crippen LogP contribution in [0.15, 0.2) is 0 Å². The highest BCUT2D eigenvalue weighted by Gasteiger charge is 2.18. The zero-order valence-corrected chi connectivity index (χ0v) is 7.56. The first-order valence-electron chi connectivity index (χ1n) is 4.24. The summed E-state index contributed by atoms with van der Waals surface area (Å²) >= 11 is 0. The number of aliphatic hydroxyl groups excluding tert-OH is 1. The van der Waals surface area contributed by atoms with E-state index in [2.05, 4.69) is 12.2 Å². The highest BCUT2D eigenvalue weighted by Crippen LogP contribution is 2.06. The third-order valence-electron chi connectivity index (χ3n) is 2.06. The van der Waals surface area contributed by atoms with Gasteiger partial charge in [0.05, 0.1) is 6.61 Å². The Balaban J connectivity index is 3.51. The van der Waals surface area contributed by atoms with Crippen LogP contribution in [-0.2, 0) is 0 Å². The van der Waals surface area contributed by atoms with Gasteiger partial charge >= 0.3 is 0 Å². The van der Waals surface area contributed by atoms with Crippen molar-refractivity contribution >= 4 is 0 Å². The van der Waals surface area contributed by atoms with Crippen LogP contribution in [0.25, 0.3) is 0 Å². The van der Waals surface area contributed by atoms with Crippen molar-refractivity contribution < 1.29 is 5.11 Å². The van der Waals surface area contributed by atoms with Crippen molar-refractivity contribution in [2.75, 3.05) is 19.7 Å². The minimum Gasteiger partial charge on any atom is -0.394 e. The monoisotopic (exact) mass is 160 g/mol. The molecule has 0 rings (SSSR count). The largest absolute Gasteiger partial charge is 0.394 e. The molecule has 0 aliphatic heterocycles. The summed E-state index contributed by atoms with van der Waals surface area (Å²) in [4.78, 5) is 0. The van der Waals surface area contributed by atoms with Crippen LogP contribution in [0.2, 0.25) is 0 Å². The molecule has 0 heterocycles. The zero-order chi connectivity index (χ0) is 8.74. The van der Waals surface area contributed by atoms with E-state index in [1.807, 2.05) is 6.92 Å². The molecule has 1 unspecified atom stereocenters. The Labute approximate surface area is 69.0 Å². The first-order chi connectivity index (χ1) is 5.18. The molecule has 0 saturated carbocycles. The van der Waals surface area contributed by atoms with Crippen molar-refractivity contribution in [3.8, 4) is 0 Å². The molecule has 0 bridgehead atoms. The van der Waals surface area contributed by atoms with Crippen molar-refractivity contribution in [1.82, 2.24) is 5.32 Å². The molecule has 11 heavy (non-hydrogen) atoms. The molecule has 0 saturated heterocycles. The molecule has 0 aromatic heterocycles. The molecule has 4 N–H and O–H groups in total. The molecule has 0 amide bonds. The van der Waals surface area contributed by atoms with E-state index in [-0.39, 0.29) is 12.1 Å². The maximum atomic E-state index is 8.99. The van der Waals surface area contributed by atoms with Gasteiger partial charge in [-0.15, -0.1) is 0 Å². The van der Waals surface area contributed by atoms with Crippen LogP contribution in [0.3, 0.4) is 0 Å². The Morgan fingerprint density at radius 2 is 2.18 bits per heavy atom. The number of aliphatic hydroxyl groups is 1. The summed E-state index contributed by atoms with van der Waals surface area (Å²) in [6.07, 6.45) is 1.91. The smallest absolute Gasteiger partial charge is 0.0610 e. The van der Waals surface area contributed by atoms with Crippen molar-refractivity contribution in [1.29, 1.82) is 0 Å². The van der Waals surface area contributed by atoms with Crippen LogP contribution in [0.1, 0.15) is 26.7 Å². The van der Waals surface area contributed by atoms with Crippen LogP contribution in [0, 0.1) is 0 Å². The Morgan fingerprint density at radius 3 is 2.55 bits per heavy atom. The number of rotatable bonds is 6. The zero-order valence-electron chi connectivity index (χ0n) is 7.56. The highest BCUT2D eigenvalue weighted by atomic mass is 16.3. The van der Waals surface area contributed by atoms with E-state index in [1.54, 1.807) is 0 Å². The van der Waals surface area contributed by atoms with Crippen LogP contribution >= 0.6 is 0 Å². The lowest BCUT2D eigenvalue weighted by molar-refractivity contribution is 0.170. The lowest BCUT2D eigenvalue weighted by atomic mass is 10.0. The summed E-state index contributed by atoms with van der Waals surface area (Å²) in [6.45, 7) is 5.86. The maximum Gasteiger partial charge on any atom is 0.0610 e. The van der Waals surface area contributed by atoms with Crippen LogP contribution in [0.4, 0.5) is 0 Å². The number of nitrogens with two attached hydrogens (primary N) is 1. The summed E-state index contributed by atoms with van der Waals surface area (Å²) in [5.41, 5.74) is 5.22. The van der Waals surface area contributed by atoms with E-state index in [4.69, 9.17) is 10.8 Å². The van der Waals surface area contributed by atoms with Crippen molar-refractivity contribution in [3.63, 3.8) is 0 Å². The molecule has 0 radical (unpaired) electrons. The summed E-state index contributed by atoms with van der Waals surface area (Å²) in [7, 11) is 0. The maximum absolute atomic E-state index is 8.99. The van der Waals surface area contributed by atoms with Gasteiger partial charge < -0.3 is 16.2 Å². The summed E-state index contributed by atoms with van der Waals surface area (Å²) < 4.78 is 0. The predicted octanol–water partition coefficient (Wildman–Crippen LogP) is 0.0858. The SMILES string of the molecule is CCC(C)(CO)NCCCN. The molecular weight excluding hydrogens is 140 g/mol. The Hall–Kier alpha value is -0.120. The molecule has 0 fully saturated rings. The lowest BCUT2D eigenvalue weighted by Crippen LogP contribution is -2.45. The second-order valence-electron chi connectivity index (χ2n) is 3.14. The first-order valence-corrected chi connectivity index (χ1v) is 4.24. The highest BCUT2D eigenvalue weighted by molar-refractivity contribution is 4.79. The van der Waals surface area contributed by atoms with Gasteiger partial charge in [-0.2, -0.15) is 0 Å². The van der Waals surface area contributed by atoms with Gasteiger partial charge in [0.15, 0.2) is 0 Å². The summed E-state index contributed by atoms with van der Waals surface area (Å²) in [6, 6.07) is 0. The first kappa shape index (κ1) is 10.9. The Kier molecular flexibility index (Phi) is 5.46. The molecule has 0 aromatic rings. The fraction of sp³-hybridized carbons (Fsp3) is 1.00. The Bertz CT molecular complexity index is 92.1. The third-order valence-corrected chi connectivity index (χ3v) is 2.06. The van der Waals surface area contributed by atoms with E-state index in [9.17, 15) is 0 Å².